The summed E-state index contributed by atoms with van der Waals surface area (Å²) in [7, 11) is 0. The van der Waals surface area contributed by atoms with Gasteiger partial charge >= 0.3 is 0 Å². The molecule has 0 aliphatic rings. The molecule has 7 heteroatoms. The second-order valence-electron chi connectivity index (χ2n) is 4.59. The largest absolute Gasteiger partial charge is 0.459 e. The number of benzene rings is 1. The molecule has 0 saturated heterocycles. The minimum atomic E-state index is 0.344. The average molecular weight is 310 g/mol. The van der Waals surface area contributed by atoms with Gasteiger partial charge in [-0.05, 0) is 30.8 Å². The van der Waals surface area contributed by atoms with Gasteiger partial charge in [-0.15, -0.1) is 15.3 Å². The zero-order valence-electron chi connectivity index (χ0n) is 11.6. The Bertz CT molecular complexity index is 934. The molecule has 22 heavy (non-hydrogen) atoms. The highest BCUT2D eigenvalue weighted by Crippen LogP contribution is 2.32. The van der Waals surface area contributed by atoms with Crippen molar-refractivity contribution in [1.82, 2.24) is 20.4 Å². The number of fused-ring (bicyclic) bond motifs is 1. The number of rotatable bonds is 3. The fourth-order valence-corrected chi connectivity index (χ4v) is 2.86. The first-order valence-electron chi connectivity index (χ1n) is 6.58. The van der Waals surface area contributed by atoms with Gasteiger partial charge in [-0.25, -0.2) is 0 Å². The van der Waals surface area contributed by atoms with Crippen molar-refractivity contribution in [3.05, 3.63) is 48.4 Å². The molecule has 0 aliphatic heterocycles. The van der Waals surface area contributed by atoms with E-state index in [9.17, 15) is 0 Å². The first kappa shape index (κ1) is 13.0. The maximum atomic E-state index is 5.59. The third-order valence-corrected chi connectivity index (χ3v) is 4.00. The van der Waals surface area contributed by atoms with Gasteiger partial charge in [-0.1, -0.05) is 24.3 Å². The van der Waals surface area contributed by atoms with Crippen molar-refractivity contribution >= 4 is 22.5 Å². The van der Waals surface area contributed by atoms with Crippen molar-refractivity contribution in [3.8, 4) is 11.7 Å². The van der Waals surface area contributed by atoms with Crippen LogP contribution in [-0.2, 0) is 0 Å². The van der Waals surface area contributed by atoms with E-state index in [1.165, 1.54) is 11.8 Å². The minimum Gasteiger partial charge on any atom is -0.459 e. The first-order valence-corrected chi connectivity index (χ1v) is 7.40. The van der Waals surface area contributed by atoms with Crippen LogP contribution in [0.3, 0.4) is 0 Å². The highest BCUT2D eigenvalue weighted by molar-refractivity contribution is 7.99. The van der Waals surface area contributed by atoms with Gasteiger partial charge in [0.2, 0.25) is 0 Å². The molecule has 0 unspecified atom stereocenters. The summed E-state index contributed by atoms with van der Waals surface area (Å²) in [5.41, 5.74) is 0.891. The molecule has 1 aromatic carbocycles. The number of hydrogen-bond acceptors (Lipinski definition) is 7. The van der Waals surface area contributed by atoms with Crippen molar-refractivity contribution in [2.75, 3.05) is 0 Å². The van der Waals surface area contributed by atoms with Gasteiger partial charge in [-0.2, -0.15) is 5.10 Å². The molecular formula is C15H10N4O2S. The minimum absolute atomic E-state index is 0.344. The van der Waals surface area contributed by atoms with Gasteiger partial charge in [0.25, 0.3) is 11.1 Å². The zero-order valence-corrected chi connectivity index (χ0v) is 12.4. The molecule has 0 fully saturated rings. The molecule has 0 amide bonds. The molecule has 3 heterocycles. The van der Waals surface area contributed by atoms with Crippen molar-refractivity contribution < 1.29 is 8.83 Å². The Morgan fingerprint density at radius 2 is 1.77 bits per heavy atom. The average Bonchev–Trinajstić information content (AvgIpc) is 3.21. The quantitative estimate of drug-likeness (QED) is 0.570. The van der Waals surface area contributed by atoms with Crippen molar-refractivity contribution in [2.24, 2.45) is 0 Å². The van der Waals surface area contributed by atoms with Gasteiger partial charge in [0.05, 0.1) is 12.0 Å². The van der Waals surface area contributed by atoms with E-state index in [0.29, 0.717) is 16.9 Å². The Labute approximate surface area is 129 Å². The van der Waals surface area contributed by atoms with Crippen LogP contribution in [0.15, 0.2) is 61.7 Å². The molecule has 0 bridgehead atoms. The number of aryl methyl sites for hydroxylation is 1. The molecule has 0 atom stereocenters. The molecule has 4 rings (SSSR count). The second-order valence-corrected chi connectivity index (χ2v) is 5.53. The van der Waals surface area contributed by atoms with Crippen LogP contribution in [0.25, 0.3) is 22.4 Å². The van der Waals surface area contributed by atoms with E-state index in [0.717, 1.165) is 21.5 Å². The van der Waals surface area contributed by atoms with E-state index < -0.39 is 0 Å². The molecule has 0 saturated carbocycles. The Kier molecular flexibility index (Phi) is 3.12. The van der Waals surface area contributed by atoms with E-state index in [1.54, 1.807) is 18.4 Å². The van der Waals surface area contributed by atoms with Gasteiger partial charge in [0.1, 0.15) is 5.03 Å². The van der Waals surface area contributed by atoms with E-state index in [1.807, 2.05) is 31.2 Å². The van der Waals surface area contributed by atoms with E-state index >= 15 is 0 Å². The Hall–Kier alpha value is -2.67. The molecule has 0 radical (unpaired) electrons. The van der Waals surface area contributed by atoms with E-state index in [-0.39, 0.29) is 0 Å². The fraction of sp³-hybridized carbons (Fsp3) is 0.0667. The van der Waals surface area contributed by atoms with Crippen LogP contribution in [0.2, 0.25) is 0 Å². The molecule has 4 aromatic rings. The third kappa shape index (κ3) is 2.25. The third-order valence-electron chi connectivity index (χ3n) is 3.16. The molecule has 0 aliphatic carbocycles. The fourth-order valence-electron chi connectivity index (χ4n) is 2.12. The summed E-state index contributed by atoms with van der Waals surface area (Å²) >= 11 is 1.29. The zero-order chi connectivity index (χ0) is 14.9. The summed E-state index contributed by atoms with van der Waals surface area (Å²) in [5.74, 6) is 0.885. The molecule has 108 valence electrons. The lowest BCUT2D eigenvalue weighted by atomic mass is 10.1. The van der Waals surface area contributed by atoms with Gasteiger partial charge in [0.15, 0.2) is 5.76 Å². The van der Waals surface area contributed by atoms with Crippen molar-refractivity contribution in [2.45, 2.75) is 17.2 Å². The molecule has 0 N–H and O–H groups in total. The van der Waals surface area contributed by atoms with Crippen molar-refractivity contribution in [1.29, 1.82) is 0 Å². The van der Waals surface area contributed by atoms with E-state index in [2.05, 4.69) is 20.4 Å². The number of aromatic nitrogens is 4. The standard InChI is InChI=1S/C15H10N4O2S/c1-9-10-5-2-3-6-11(10)14(18-16-9)22-15-19-17-13(21-15)12-7-4-8-20-12/h2-8H,1H3. The summed E-state index contributed by atoms with van der Waals surface area (Å²) in [6.45, 7) is 1.94. The van der Waals surface area contributed by atoms with Crippen LogP contribution < -0.4 is 0 Å². The van der Waals surface area contributed by atoms with Crippen LogP contribution in [0.4, 0.5) is 0 Å². The highest BCUT2D eigenvalue weighted by Gasteiger charge is 2.15. The predicted molar refractivity (Wildman–Crippen MR) is 80.4 cm³/mol. The Morgan fingerprint density at radius 1 is 0.909 bits per heavy atom. The number of furan rings is 1. The van der Waals surface area contributed by atoms with Crippen LogP contribution in [0, 0.1) is 6.92 Å². The lowest BCUT2D eigenvalue weighted by molar-refractivity contribution is 0.447. The summed E-state index contributed by atoms with van der Waals surface area (Å²) in [4.78, 5) is 0. The summed E-state index contributed by atoms with van der Waals surface area (Å²) in [6.07, 6.45) is 1.56. The maximum Gasteiger partial charge on any atom is 0.284 e. The Balaban J connectivity index is 1.71. The van der Waals surface area contributed by atoms with Gasteiger partial charge < -0.3 is 8.83 Å². The van der Waals surface area contributed by atoms with Gasteiger partial charge in [-0.3, -0.25) is 0 Å². The van der Waals surface area contributed by atoms with Crippen molar-refractivity contribution in [3.63, 3.8) is 0 Å². The summed E-state index contributed by atoms with van der Waals surface area (Å²) < 4.78 is 10.8. The smallest absolute Gasteiger partial charge is 0.284 e. The lowest BCUT2D eigenvalue weighted by Crippen LogP contribution is -1.92. The summed E-state index contributed by atoms with van der Waals surface area (Å²) in [5, 5.41) is 19.6. The van der Waals surface area contributed by atoms with Gasteiger partial charge in [0, 0.05) is 10.8 Å². The highest BCUT2D eigenvalue weighted by atomic mass is 32.2. The molecular weight excluding hydrogens is 300 g/mol. The van der Waals surface area contributed by atoms with Crippen LogP contribution >= 0.6 is 11.8 Å². The molecule has 3 aromatic heterocycles. The number of hydrogen-bond donors (Lipinski definition) is 0. The topological polar surface area (TPSA) is 77.8 Å². The normalized spacial score (nSPS) is 11.1. The lowest BCUT2D eigenvalue weighted by Gasteiger charge is -2.03. The second kappa shape index (κ2) is 5.27. The number of nitrogens with zero attached hydrogens (tertiary/aromatic N) is 4. The predicted octanol–water partition coefficient (Wildman–Crippen LogP) is 3.73. The molecule has 0 spiro atoms. The van der Waals surface area contributed by atoms with E-state index in [4.69, 9.17) is 8.83 Å². The summed E-state index contributed by atoms with van der Waals surface area (Å²) in [6, 6.07) is 11.5. The van der Waals surface area contributed by atoms with Crippen LogP contribution in [-0.4, -0.2) is 20.4 Å². The molecule has 6 nitrogen and oxygen atoms in total. The maximum absolute atomic E-state index is 5.59. The first-order chi connectivity index (χ1) is 10.8. The monoisotopic (exact) mass is 310 g/mol. The van der Waals surface area contributed by atoms with Crippen LogP contribution in [0.5, 0.6) is 0 Å². The Morgan fingerprint density at radius 3 is 2.59 bits per heavy atom. The SMILES string of the molecule is Cc1nnc(Sc2nnc(-c3ccco3)o2)c2ccccc12. The van der Waals surface area contributed by atoms with Crippen LogP contribution in [0.1, 0.15) is 5.69 Å².